The van der Waals surface area contributed by atoms with Gasteiger partial charge in [0, 0.05) is 23.4 Å². The summed E-state index contributed by atoms with van der Waals surface area (Å²) in [5, 5.41) is 13.7. The van der Waals surface area contributed by atoms with Crippen LogP contribution < -0.4 is 5.32 Å². The molecule has 1 N–H and O–H groups in total. The highest BCUT2D eigenvalue weighted by atomic mass is 19.1. The average molecular weight is 313 g/mol. The Morgan fingerprint density at radius 3 is 2.74 bits per heavy atom. The van der Waals surface area contributed by atoms with E-state index in [9.17, 15) is 14.5 Å². The number of oxazole rings is 1. The number of nitro groups is 1. The zero-order valence-electron chi connectivity index (χ0n) is 11.9. The van der Waals surface area contributed by atoms with Crippen molar-refractivity contribution in [1.82, 2.24) is 4.98 Å². The van der Waals surface area contributed by atoms with Crippen LogP contribution in [0.3, 0.4) is 0 Å². The van der Waals surface area contributed by atoms with E-state index in [1.807, 2.05) is 0 Å². The molecule has 116 valence electrons. The van der Waals surface area contributed by atoms with Crippen LogP contribution in [-0.4, -0.2) is 9.91 Å². The summed E-state index contributed by atoms with van der Waals surface area (Å²) < 4.78 is 18.5. The lowest BCUT2D eigenvalue weighted by Crippen LogP contribution is -2.00. The maximum absolute atomic E-state index is 12.9. The molecule has 0 fully saturated rings. The summed E-state index contributed by atoms with van der Waals surface area (Å²) in [5.74, 6) is 0.637. The number of anilines is 1. The second-order valence-electron chi connectivity index (χ2n) is 4.79. The number of non-ortho nitro benzene ring substituents is 1. The number of benzene rings is 2. The van der Waals surface area contributed by atoms with Crippen molar-refractivity contribution >= 4 is 11.4 Å². The number of nitrogens with zero attached hydrogens (tertiary/aromatic N) is 2. The smallest absolute Gasteiger partial charge is 0.271 e. The number of nitrogens with one attached hydrogen (secondary N) is 1. The first-order valence-electron chi connectivity index (χ1n) is 6.81. The second kappa shape index (κ2) is 6.27. The summed E-state index contributed by atoms with van der Waals surface area (Å²) in [7, 11) is 0. The lowest BCUT2D eigenvalue weighted by Gasteiger charge is -2.03. The summed E-state index contributed by atoms with van der Waals surface area (Å²) in [5.41, 5.74) is 1.33. The zero-order chi connectivity index (χ0) is 16.2. The van der Waals surface area contributed by atoms with E-state index in [4.69, 9.17) is 4.42 Å². The van der Waals surface area contributed by atoms with Crippen LogP contribution in [0.5, 0.6) is 0 Å². The molecule has 23 heavy (non-hydrogen) atoms. The van der Waals surface area contributed by atoms with Gasteiger partial charge in [-0.2, -0.15) is 0 Å². The van der Waals surface area contributed by atoms with Crippen LogP contribution in [0.1, 0.15) is 5.89 Å². The second-order valence-corrected chi connectivity index (χ2v) is 4.79. The lowest BCUT2D eigenvalue weighted by atomic mass is 10.2. The quantitative estimate of drug-likeness (QED) is 0.568. The fourth-order valence-corrected chi connectivity index (χ4v) is 2.05. The van der Waals surface area contributed by atoms with Gasteiger partial charge in [-0.25, -0.2) is 9.37 Å². The first-order chi connectivity index (χ1) is 11.1. The van der Waals surface area contributed by atoms with Gasteiger partial charge in [0.1, 0.15) is 5.82 Å². The predicted octanol–water partition coefficient (Wildman–Crippen LogP) is 4.00. The number of aromatic nitrogens is 1. The molecule has 0 aliphatic carbocycles. The SMILES string of the molecule is O=[N+]([O-])c1cccc(NCc2ncc(-c3ccc(F)cc3)o2)c1. The monoisotopic (exact) mass is 313 g/mol. The molecule has 1 aromatic heterocycles. The highest BCUT2D eigenvalue weighted by molar-refractivity contribution is 5.56. The Morgan fingerprint density at radius 2 is 2.00 bits per heavy atom. The molecule has 0 amide bonds. The van der Waals surface area contributed by atoms with Crippen molar-refractivity contribution in [2.75, 3.05) is 5.32 Å². The molecule has 7 heteroatoms. The third kappa shape index (κ3) is 3.52. The van der Waals surface area contributed by atoms with Crippen molar-refractivity contribution in [3.63, 3.8) is 0 Å². The van der Waals surface area contributed by atoms with Crippen LogP contribution in [0.4, 0.5) is 15.8 Å². The van der Waals surface area contributed by atoms with Gasteiger partial charge in [-0.15, -0.1) is 0 Å². The summed E-state index contributed by atoms with van der Waals surface area (Å²) in [6, 6.07) is 12.1. The zero-order valence-corrected chi connectivity index (χ0v) is 11.9. The molecule has 6 nitrogen and oxygen atoms in total. The van der Waals surface area contributed by atoms with Crippen LogP contribution >= 0.6 is 0 Å². The standard InChI is InChI=1S/C16H12FN3O3/c17-12-6-4-11(5-7-12)15-9-19-16(23-15)10-18-13-2-1-3-14(8-13)20(21)22/h1-9,18H,10H2. The molecular weight excluding hydrogens is 301 g/mol. The number of rotatable bonds is 5. The normalized spacial score (nSPS) is 10.5. The van der Waals surface area contributed by atoms with Gasteiger partial charge in [-0.3, -0.25) is 10.1 Å². The average Bonchev–Trinajstić information content (AvgIpc) is 3.03. The Bertz CT molecular complexity index is 831. The Morgan fingerprint density at radius 1 is 1.22 bits per heavy atom. The summed E-state index contributed by atoms with van der Waals surface area (Å²) >= 11 is 0. The van der Waals surface area contributed by atoms with Crippen LogP contribution in [0.25, 0.3) is 11.3 Å². The Hall–Kier alpha value is -3.22. The van der Waals surface area contributed by atoms with Gasteiger partial charge in [-0.1, -0.05) is 6.07 Å². The van der Waals surface area contributed by atoms with Crippen molar-refractivity contribution in [3.8, 4) is 11.3 Å². The Balaban J connectivity index is 1.69. The predicted molar refractivity (Wildman–Crippen MR) is 82.3 cm³/mol. The van der Waals surface area contributed by atoms with E-state index in [0.717, 1.165) is 5.56 Å². The molecule has 3 rings (SSSR count). The molecule has 0 unspecified atom stereocenters. The lowest BCUT2D eigenvalue weighted by molar-refractivity contribution is -0.384. The molecule has 2 aromatic carbocycles. The van der Waals surface area contributed by atoms with Gasteiger partial charge in [0.2, 0.25) is 5.89 Å². The van der Waals surface area contributed by atoms with Gasteiger partial charge in [0.25, 0.3) is 5.69 Å². The highest BCUT2D eigenvalue weighted by Gasteiger charge is 2.08. The molecule has 0 aliphatic heterocycles. The minimum absolute atomic E-state index is 0.00871. The molecule has 0 radical (unpaired) electrons. The van der Waals surface area contributed by atoms with Crippen LogP contribution in [-0.2, 0) is 6.54 Å². The largest absolute Gasteiger partial charge is 0.439 e. The molecule has 1 heterocycles. The summed E-state index contributed by atoms with van der Waals surface area (Å²) in [6.07, 6.45) is 1.55. The minimum atomic E-state index is -0.455. The molecule has 0 saturated carbocycles. The van der Waals surface area contributed by atoms with Crippen LogP contribution in [0.15, 0.2) is 59.1 Å². The van der Waals surface area contributed by atoms with E-state index in [0.29, 0.717) is 17.3 Å². The van der Waals surface area contributed by atoms with E-state index in [2.05, 4.69) is 10.3 Å². The fraction of sp³-hybridized carbons (Fsp3) is 0.0625. The highest BCUT2D eigenvalue weighted by Crippen LogP contribution is 2.22. The van der Waals surface area contributed by atoms with Crippen molar-refractivity contribution in [2.24, 2.45) is 0 Å². The van der Waals surface area contributed by atoms with Gasteiger partial charge >= 0.3 is 0 Å². The van der Waals surface area contributed by atoms with Crippen LogP contribution in [0, 0.1) is 15.9 Å². The Labute approximate surface area is 130 Å². The molecule has 0 spiro atoms. The summed E-state index contributed by atoms with van der Waals surface area (Å²) in [6.45, 7) is 0.280. The molecule has 0 aliphatic rings. The number of halogens is 1. The number of nitro benzene ring substituents is 1. The first-order valence-corrected chi connectivity index (χ1v) is 6.81. The topological polar surface area (TPSA) is 81.2 Å². The molecule has 0 saturated heterocycles. The molecule has 3 aromatic rings. The third-order valence-electron chi connectivity index (χ3n) is 3.18. The van der Waals surface area contributed by atoms with Gasteiger partial charge in [0.15, 0.2) is 5.76 Å². The summed E-state index contributed by atoms with van der Waals surface area (Å²) in [4.78, 5) is 14.4. The molecule has 0 bridgehead atoms. The van der Waals surface area contributed by atoms with Crippen molar-refractivity contribution < 1.29 is 13.7 Å². The number of hydrogen-bond acceptors (Lipinski definition) is 5. The van der Waals surface area contributed by atoms with E-state index in [-0.39, 0.29) is 18.0 Å². The van der Waals surface area contributed by atoms with Gasteiger partial charge in [0.05, 0.1) is 17.7 Å². The van der Waals surface area contributed by atoms with Crippen molar-refractivity contribution in [1.29, 1.82) is 0 Å². The van der Waals surface area contributed by atoms with E-state index in [1.54, 1.807) is 30.5 Å². The molecular formula is C16H12FN3O3. The maximum Gasteiger partial charge on any atom is 0.271 e. The fourth-order valence-electron chi connectivity index (χ4n) is 2.05. The van der Waals surface area contributed by atoms with Gasteiger partial charge in [-0.05, 0) is 30.3 Å². The van der Waals surface area contributed by atoms with Crippen molar-refractivity contribution in [3.05, 3.63) is 76.6 Å². The minimum Gasteiger partial charge on any atom is -0.439 e. The van der Waals surface area contributed by atoms with E-state index >= 15 is 0 Å². The Kier molecular flexibility index (Phi) is 4.01. The third-order valence-corrected chi connectivity index (χ3v) is 3.18. The molecule has 0 atom stereocenters. The first kappa shape index (κ1) is 14.7. The van der Waals surface area contributed by atoms with Crippen LogP contribution in [0.2, 0.25) is 0 Å². The van der Waals surface area contributed by atoms with Gasteiger partial charge < -0.3 is 9.73 Å². The maximum atomic E-state index is 12.9. The number of hydrogen-bond donors (Lipinski definition) is 1. The van der Waals surface area contributed by atoms with E-state index in [1.165, 1.54) is 24.3 Å². The van der Waals surface area contributed by atoms with E-state index < -0.39 is 4.92 Å². The van der Waals surface area contributed by atoms with Crippen molar-refractivity contribution in [2.45, 2.75) is 6.54 Å².